The van der Waals surface area contributed by atoms with Crippen LogP contribution in [0.15, 0.2) is 23.4 Å². The van der Waals surface area contributed by atoms with Crippen LogP contribution in [0.1, 0.15) is 0 Å². The Hall–Kier alpha value is -0.730. The standard InChI is InChI=1S/C11H17ClN4O2S/c12-10-7-11(9-14-8-10)19(17,18)15-3-6-16-4-1-13-2-5-16/h7-9,13,15H,1-6H2. The minimum atomic E-state index is -3.52. The topological polar surface area (TPSA) is 74.3 Å². The van der Waals surface area contributed by atoms with Gasteiger partial charge in [0, 0.05) is 51.7 Å². The zero-order chi connectivity index (χ0) is 13.7. The van der Waals surface area contributed by atoms with Crippen LogP contribution >= 0.6 is 11.6 Å². The average Bonchev–Trinajstić information content (AvgIpc) is 2.40. The smallest absolute Gasteiger partial charge is 0.242 e. The lowest BCUT2D eigenvalue weighted by Gasteiger charge is -2.27. The molecule has 8 heteroatoms. The van der Waals surface area contributed by atoms with Crippen LogP contribution in [0.4, 0.5) is 0 Å². The van der Waals surface area contributed by atoms with Crippen LogP contribution in [0, 0.1) is 0 Å². The maximum Gasteiger partial charge on any atom is 0.242 e. The second-order valence-electron chi connectivity index (χ2n) is 4.33. The molecule has 0 spiro atoms. The molecule has 0 aliphatic carbocycles. The molecule has 1 fully saturated rings. The summed E-state index contributed by atoms with van der Waals surface area (Å²) in [5, 5.41) is 3.56. The number of rotatable bonds is 5. The fraction of sp³-hybridized carbons (Fsp3) is 0.545. The third-order valence-corrected chi connectivity index (χ3v) is 4.55. The molecule has 1 aliphatic heterocycles. The summed E-state index contributed by atoms with van der Waals surface area (Å²) in [5.41, 5.74) is 0. The maximum absolute atomic E-state index is 12.0. The number of nitrogens with one attached hydrogen (secondary N) is 2. The van der Waals surface area contributed by atoms with E-state index in [4.69, 9.17) is 11.6 Å². The molecule has 0 bridgehead atoms. The minimum absolute atomic E-state index is 0.0975. The van der Waals surface area contributed by atoms with E-state index in [2.05, 4.69) is 19.9 Å². The summed E-state index contributed by atoms with van der Waals surface area (Å²) in [6.07, 6.45) is 2.69. The highest BCUT2D eigenvalue weighted by molar-refractivity contribution is 7.89. The lowest BCUT2D eigenvalue weighted by atomic mass is 10.3. The third kappa shape index (κ3) is 4.39. The Morgan fingerprint density at radius 2 is 2.11 bits per heavy atom. The summed E-state index contributed by atoms with van der Waals surface area (Å²) in [6, 6.07) is 1.39. The van der Waals surface area contributed by atoms with E-state index in [0.717, 1.165) is 26.2 Å². The van der Waals surface area contributed by atoms with E-state index < -0.39 is 10.0 Å². The van der Waals surface area contributed by atoms with Crippen molar-refractivity contribution in [2.24, 2.45) is 0 Å². The van der Waals surface area contributed by atoms with Crippen molar-refractivity contribution < 1.29 is 8.42 Å². The summed E-state index contributed by atoms with van der Waals surface area (Å²) >= 11 is 5.74. The first-order valence-electron chi connectivity index (χ1n) is 6.11. The first-order chi connectivity index (χ1) is 9.08. The summed E-state index contributed by atoms with van der Waals surface area (Å²) in [6.45, 7) is 4.88. The highest BCUT2D eigenvalue weighted by Crippen LogP contribution is 2.12. The van der Waals surface area contributed by atoms with Crippen molar-refractivity contribution in [1.29, 1.82) is 0 Å². The van der Waals surface area contributed by atoms with Gasteiger partial charge in [-0.2, -0.15) is 0 Å². The molecular formula is C11H17ClN4O2S. The molecule has 0 saturated carbocycles. The van der Waals surface area contributed by atoms with Crippen LogP contribution < -0.4 is 10.0 Å². The number of piperazine rings is 1. The lowest BCUT2D eigenvalue weighted by molar-refractivity contribution is 0.245. The number of halogens is 1. The molecule has 2 heterocycles. The molecule has 2 rings (SSSR count). The predicted octanol–water partition coefficient (Wildman–Crippen LogP) is -0.0815. The molecule has 2 N–H and O–H groups in total. The van der Waals surface area contributed by atoms with Crippen molar-refractivity contribution in [2.75, 3.05) is 39.3 Å². The highest BCUT2D eigenvalue weighted by atomic mass is 35.5. The lowest BCUT2D eigenvalue weighted by Crippen LogP contribution is -2.46. The van der Waals surface area contributed by atoms with Crippen LogP contribution in [0.2, 0.25) is 5.02 Å². The Labute approximate surface area is 118 Å². The molecule has 1 aliphatic rings. The quantitative estimate of drug-likeness (QED) is 0.796. The van der Waals surface area contributed by atoms with Gasteiger partial charge in [-0.1, -0.05) is 11.6 Å². The van der Waals surface area contributed by atoms with E-state index >= 15 is 0 Å². The van der Waals surface area contributed by atoms with Gasteiger partial charge in [0.25, 0.3) is 0 Å². The fourth-order valence-electron chi connectivity index (χ4n) is 1.90. The van der Waals surface area contributed by atoms with E-state index in [1.54, 1.807) is 0 Å². The SMILES string of the molecule is O=S(=O)(NCCN1CCNCC1)c1cncc(Cl)c1. The summed E-state index contributed by atoms with van der Waals surface area (Å²) in [7, 11) is -3.52. The normalized spacial score (nSPS) is 17.5. The molecule has 0 atom stereocenters. The van der Waals surface area contributed by atoms with E-state index in [1.807, 2.05) is 0 Å². The highest BCUT2D eigenvalue weighted by Gasteiger charge is 2.15. The van der Waals surface area contributed by atoms with Crippen LogP contribution in [0.25, 0.3) is 0 Å². The number of aromatic nitrogens is 1. The molecule has 1 saturated heterocycles. The molecule has 0 unspecified atom stereocenters. The maximum atomic E-state index is 12.0. The van der Waals surface area contributed by atoms with Gasteiger partial charge >= 0.3 is 0 Å². The molecule has 6 nitrogen and oxygen atoms in total. The minimum Gasteiger partial charge on any atom is -0.314 e. The van der Waals surface area contributed by atoms with E-state index in [1.165, 1.54) is 18.5 Å². The molecule has 19 heavy (non-hydrogen) atoms. The first-order valence-corrected chi connectivity index (χ1v) is 7.97. The van der Waals surface area contributed by atoms with Gasteiger partial charge in [-0.3, -0.25) is 9.88 Å². The van der Waals surface area contributed by atoms with Gasteiger partial charge < -0.3 is 5.32 Å². The van der Waals surface area contributed by atoms with Gasteiger partial charge in [-0.05, 0) is 6.07 Å². The van der Waals surface area contributed by atoms with Crippen molar-refractivity contribution >= 4 is 21.6 Å². The van der Waals surface area contributed by atoms with Crippen molar-refractivity contribution in [3.05, 3.63) is 23.5 Å². The summed E-state index contributed by atoms with van der Waals surface area (Å²) in [4.78, 5) is 6.09. The molecule has 0 amide bonds. The number of sulfonamides is 1. The molecule has 1 aromatic heterocycles. The van der Waals surface area contributed by atoms with E-state index in [0.29, 0.717) is 18.1 Å². The number of hydrogen-bond acceptors (Lipinski definition) is 5. The van der Waals surface area contributed by atoms with Crippen LogP contribution in [0.3, 0.4) is 0 Å². The Morgan fingerprint density at radius 3 is 2.79 bits per heavy atom. The molecule has 106 valence electrons. The van der Waals surface area contributed by atoms with Gasteiger partial charge in [0.2, 0.25) is 10.0 Å². The largest absolute Gasteiger partial charge is 0.314 e. The fourth-order valence-corrected chi connectivity index (χ4v) is 3.14. The van der Waals surface area contributed by atoms with Gasteiger partial charge in [-0.15, -0.1) is 0 Å². The average molecular weight is 305 g/mol. The predicted molar refractivity (Wildman–Crippen MR) is 73.7 cm³/mol. The number of pyridine rings is 1. The zero-order valence-electron chi connectivity index (χ0n) is 10.5. The van der Waals surface area contributed by atoms with Gasteiger partial charge in [-0.25, -0.2) is 13.1 Å². The van der Waals surface area contributed by atoms with E-state index in [-0.39, 0.29) is 4.90 Å². The second-order valence-corrected chi connectivity index (χ2v) is 6.53. The Morgan fingerprint density at radius 1 is 1.37 bits per heavy atom. The van der Waals surface area contributed by atoms with Crippen molar-refractivity contribution in [3.8, 4) is 0 Å². The van der Waals surface area contributed by atoms with Gasteiger partial charge in [0.1, 0.15) is 4.90 Å². The Kier molecular flexibility index (Phi) is 5.12. The first kappa shape index (κ1) is 14.7. The van der Waals surface area contributed by atoms with E-state index in [9.17, 15) is 8.42 Å². The van der Waals surface area contributed by atoms with Crippen LogP contribution in [0.5, 0.6) is 0 Å². The van der Waals surface area contributed by atoms with Crippen molar-refractivity contribution in [1.82, 2.24) is 19.9 Å². The van der Waals surface area contributed by atoms with Crippen LogP contribution in [-0.2, 0) is 10.0 Å². The third-order valence-electron chi connectivity index (χ3n) is 2.92. The molecular weight excluding hydrogens is 288 g/mol. The van der Waals surface area contributed by atoms with Gasteiger partial charge in [0.15, 0.2) is 0 Å². The molecule has 0 aromatic carbocycles. The number of nitrogens with zero attached hydrogens (tertiary/aromatic N) is 2. The molecule has 0 radical (unpaired) electrons. The van der Waals surface area contributed by atoms with Crippen molar-refractivity contribution in [2.45, 2.75) is 4.90 Å². The Bertz CT molecular complexity index is 517. The second kappa shape index (κ2) is 6.62. The zero-order valence-corrected chi connectivity index (χ0v) is 12.0. The number of hydrogen-bond donors (Lipinski definition) is 2. The summed E-state index contributed by atoms with van der Waals surface area (Å²) < 4.78 is 26.5. The molecule has 1 aromatic rings. The Balaban J connectivity index is 1.87. The summed E-state index contributed by atoms with van der Waals surface area (Å²) in [5.74, 6) is 0. The van der Waals surface area contributed by atoms with Crippen molar-refractivity contribution in [3.63, 3.8) is 0 Å². The monoisotopic (exact) mass is 304 g/mol. The van der Waals surface area contributed by atoms with Gasteiger partial charge in [0.05, 0.1) is 5.02 Å². The van der Waals surface area contributed by atoms with Crippen LogP contribution in [-0.4, -0.2) is 57.6 Å².